The maximum atomic E-state index is 5.11. The average Bonchev–Trinajstić information content (AvgIpc) is 0.738. The number of hydrogen-bond donors (Lipinski definition) is 0. The van der Waals surface area contributed by atoms with Crippen LogP contribution >= 0.6 is 0 Å². The fraction of sp³-hybridized carbons (Fsp3) is 0. The highest BCUT2D eigenvalue weighted by atomic mass is 14.9. The van der Waals surface area contributed by atoms with Gasteiger partial charge in [0.25, 0.3) is 0 Å². The van der Waals surface area contributed by atoms with Gasteiger partial charge in [0, 0.05) is 33.4 Å². The molecule has 0 fully saturated rings. The predicted molar refractivity (Wildman–Crippen MR) is 419 cm³/mol. The van der Waals surface area contributed by atoms with E-state index in [0.717, 1.165) is 78.4 Å². The van der Waals surface area contributed by atoms with E-state index in [0.29, 0.717) is 11.6 Å². The molecule has 0 bridgehead atoms. The summed E-state index contributed by atoms with van der Waals surface area (Å²) in [6, 6.07) is 137. The van der Waals surface area contributed by atoms with Gasteiger partial charge in [0.15, 0.2) is 11.6 Å². The molecule has 468 valence electrons. The van der Waals surface area contributed by atoms with Crippen molar-refractivity contribution in [1.82, 2.24) is 19.9 Å². The van der Waals surface area contributed by atoms with Crippen molar-refractivity contribution in [3.63, 3.8) is 0 Å². The van der Waals surface area contributed by atoms with Gasteiger partial charge in [-0.15, -0.1) is 0 Å². The molecule has 0 saturated carbocycles. The van der Waals surface area contributed by atoms with E-state index in [-0.39, 0.29) is 0 Å². The lowest BCUT2D eigenvalue weighted by Gasteiger charge is -2.19. The van der Waals surface area contributed by atoms with Gasteiger partial charge in [-0.05, 0) is 146 Å². The van der Waals surface area contributed by atoms with E-state index in [2.05, 4.69) is 352 Å². The lowest BCUT2D eigenvalue weighted by atomic mass is 9.85. The number of aromatic nitrogens is 4. The molecule has 0 aliphatic carbocycles. The van der Waals surface area contributed by atoms with Gasteiger partial charge >= 0.3 is 0 Å². The molecule has 0 aliphatic rings. The number of fused-ring (bicyclic) bond motifs is 4. The molecule has 0 atom stereocenters. The van der Waals surface area contributed by atoms with Crippen LogP contribution in [-0.4, -0.2) is 19.9 Å². The quantitative estimate of drug-likeness (QED) is 0.114. The van der Waals surface area contributed by atoms with Crippen LogP contribution < -0.4 is 0 Å². The molecular formula is C96H64N4. The molecule has 0 aliphatic heterocycles. The molecule has 0 N–H and O–H groups in total. The molecular weight excluding hydrogens is 1210 g/mol. The first-order valence-corrected chi connectivity index (χ1v) is 34.0. The zero-order chi connectivity index (χ0) is 66.6. The van der Waals surface area contributed by atoms with Crippen LogP contribution in [0.2, 0.25) is 0 Å². The standard InChI is InChI=1S/2C48H32N2/c1-5-16-33(17-6-1)44-32-45(50-48(49-44)36-22-11-4-12-23-36)39-25-15-24-37(30-39)38-28-29-42-43(31-38)47(35-20-9-3-10-21-35)41-27-14-13-26-40(41)46(42)34-18-7-2-8-19-34;1-5-16-33(17-6-1)44-32-45(34-18-7-2-8-19-34)50-48(49-44)39-25-15-24-37(30-39)38-28-29-42-43(31-38)47(36-22-11-4-12-23-36)41-27-14-13-26-40(41)46(42)35-20-9-3-10-21-35/h2*1-32H. The second kappa shape index (κ2) is 27.1. The average molecular weight is 1270 g/mol. The van der Waals surface area contributed by atoms with Crippen LogP contribution in [0.5, 0.6) is 0 Å². The lowest BCUT2D eigenvalue weighted by molar-refractivity contribution is 1.18. The fourth-order valence-electron chi connectivity index (χ4n) is 14.2. The minimum atomic E-state index is 0.704. The van der Waals surface area contributed by atoms with Crippen LogP contribution in [0.4, 0.5) is 0 Å². The minimum absolute atomic E-state index is 0.704. The third-order valence-electron chi connectivity index (χ3n) is 18.9. The van der Waals surface area contributed by atoms with Gasteiger partial charge in [-0.25, -0.2) is 19.9 Å². The smallest absolute Gasteiger partial charge is 0.160 e. The van der Waals surface area contributed by atoms with Crippen molar-refractivity contribution in [2.45, 2.75) is 0 Å². The van der Waals surface area contributed by atoms with Gasteiger partial charge in [-0.1, -0.05) is 352 Å². The molecule has 2 heterocycles. The first-order valence-electron chi connectivity index (χ1n) is 34.0. The molecule has 16 aromatic carbocycles. The monoisotopic (exact) mass is 1270 g/mol. The number of benzene rings is 16. The highest BCUT2D eigenvalue weighted by molar-refractivity contribution is 6.23. The summed E-state index contributed by atoms with van der Waals surface area (Å²) in [5, 5.41) is 9.94. The molecule has 0 spiro atoms. The molecule has 18 rings (SSSR count). The Kier molecular flexibility index (Phi) is 16.4. The van der Waals surface area contributed by atoms with E-state index in [1.807, 2.05) is 36.4 Å². The van der Waals surface area contributed by atoms with Crippen LogP contribution in [0.1, 0.15) is 0 Å². The molecule has 4 heteroatoms. The summed E-state index contributed by atoms with van der Waals surface area (Å²) in [7, 11) is 0. The van der Waals surface area contributed by atoms with Crippen LogP contribution in [-0.2, 0) is 0 Å². The molecule has 2 aromatic heterocycles. The Balaban J connectivity index is 0.000000150. The van der Waals surface area contributed by atoms with Crippen molar-refractivity contribution in [3.05, 3.63) is 388 Å². The normalized spacial score (nSPS) is 11.2. The zero-order valence-corrected chi connectivity index (χ0v) is 54.7. The molecule has 0 unspecified atom stereocenters. The number of rotatable bonds is 12. The summed E-state index contributed by atoms with van der Waals surface area (Å²) in [6.07, 6.45) is 0. The number of hydrogen-bond acceptors (Lipinski definition) is 4. The van der Waals surface area contributed by atoms with Crippen molar-refractivity contribution in [3.8, 4) is 135 Å². The SMILES string of the molecule is c1ccc(-c2cc(-c3cccc(-c4ccc5c(-c6ccccc6)c6ccccc6c(-c6ccccc6)c5c4)c3)nc(-c3ccccc3)n2)cc1.c1ccc(-c2cc(-c3ccccc3)nc(-c3cccc(-c4ccc5c(-c6ccccc6)c6ccccc6c(-c6ccccc6)c5c4)c3)n2)cc1. The summed E-state index contributed by atoms with van der Waals surface area (Å²) in [6.45, 7) is 0. The van der Waals surface area contributed by atoms with Crippen LogP contribution in [0.3, 0.4) is 0 Å². The summed E-state index contributed by atoms with van der Waals surface area (Å²) in [5.41, 5.74) is 24.2. The lowest BCUT2D eigenvalue weighted by Crippen LogP contribution is -1.96. The maximum absolute atomic E-state index is 5.11. The Morgan fingerprint density at radius 1 is 0.120 bits per heavy atom. The molecule has 18 aromatic rings. The summed E-state index contributed by atoms with van der Waals surface area (Å²) < 4.78 is 0. The van der Waals surface area contributed by atoms with Gasteiger partial charge in [0.05, 0.1) is 22.8 Å². The molecule has 0 amide bonds. The van der Waals surface area contributed by atoms with Crippen LogP contribution in [0.15, 0.2) is 388 Å². The van der Waals surface area contributed by atoms with Crippen molar-refractivity contribution in [2.24, 2.45) is 0 Å². The van der Waals surface area contributed by atoms with Gasteiger partial charge in [0.2, 0.25) is 0 Å². The molecule has 0 saturated heterocycles. The Bertz CT molecular complexity index is 5480. The third-order valence-corrected chi connectivity index (χ3v) is 18.9. The van der Waals surface area contributed by atoms with E-state index in [1.54, 1.807) is 0 Å². The Morgan fingerprint density at radius 3 is 0.680 bits per heavy atom. The van der Waals surface area contributed by atoms with Crippen molar-refractivity contribution in [1.29, 1.82) is 0 Å². The summed E-state index contributed by atoms with van der Waals surface area (Å²) in [5.74, 6) is 1.42. The fourth-order valence-corrected chi connectivity index (χ4v) is 14.2. The van der Waals surface area contributed by atoms with Crippen LogP contribution in [0, 0.1) is 0 Å². The highest BCUT2D eigenvalue weighted by Crippen LogP contribution is 2.47. The topological polar surface area (TPSA) is 51.6 Å². The number of nitrogens with zero attached hydrogens (tertiary/aromatic N) is 4. The maximum Gasteiger partial charge on any atom is 0.160 e. The second-order valence-corrected chi connectivity index (χ2v) is 25.1. The van der Waals surface area contributed by atoms with Gasteiger partial charge in [-0.3, -0.25) is 0 Å². The Hall–Kier alpha value is -13.3. The van der Waals surface area contributed by atoms with Crippen molar-refractivity contribution in [2.75, 3.05) is 0 Å². The zero-order valence-electron chi connectivity index (χ0n) is 54.7. The van der Waals surface area contributed by atoms with E-state index in [4.69, 9.17) is 19.9 Å². The van der Waals surface area contributed by atoms with E-state index in [9.17, 15) is 0 Å². The highest BCUT2D eigenvalue weighted by Gasteiger charge is 2.21. The largest absolute Gasteiger partial charge is 0.228 e. The van der Waals surface area contributed by atoms with E-state index >= 15 is 0 Å². The van der Waals surface area contributed by atoms with Crippen LogP contribution in [0.25, 0.3) is 178 Å². The molecule has 4 nitrogen and oxygen atoms in total. The van der Waals surface area contributed by atoms with Gasteiger partial charge < -0.3 is 0 Å². The summed E-state index contributed by atoms with van der Waals surface area (Å²) >= 11 is 0. The first kappa shape index (κ1) is 60.4. The van der Waals surface area contributed by atoms with E-state index < -0.39 is 0 Å². The molecule has 0 radical (unpaired) electrons. The van der Waals surface area contributed by atoms with Gasteiger partial charge in [-0.2, -0.15) is 0 Å². The Labute approximate surface area is 582 Å². The van der Waals surface area contributed by atoms with Gasteiger partial charge in [0.1, 0.15) is 0 Å². The van der Waals surface area contributed by atoms with Crippen molar-refractivity contribution >= 4 is 43.1 Å². The first-order chi connectivity index (χ1) is 49.6. The minimum Gasteiger partial charge on any atom is -0.228 e. The Morgan fingerprint density at radius 2 is 0.340 bits per heavy atom. The third kappa shape index (κ3) is 12.0. The molecule has 100 heavy (non-hydrogen) atoms. The summed E-state index contributed by atoms with van der Waals surface area (Å²) in [4.78, 5) is 20.3. The van der Waals surface area contributed by atoms with E-state index in [1.165, 1.54) is 87.6 Å². The predicted octanol–water partition coefficient (Wildman–Crippen LogP) is 25.6. The van der Waals surface area contributed by atoms with Crippen molar-refractivity contribution < 1.29 is 0 Å². The second-order valence-electron chi connectivity index (χ2n) is 25.1.